The molecule has 7 heteroatoms. The van der Waals surface area contributed by atoms with Crippen LogP contribution in [0.25, 0.3) is 10.7 Å². The average molecular weight is 345 g/mol. The number of aromatic nitrogens is 4. The van der Waals surface area contributed by atoms with Crippen molar-refractivity contribution in [1.29, 1.82) is 0 Å². The molecule has 0 bridgehead atoms. The van der Waals surface area contributed by atoms with E-state index in [4.69, 9.17) is 0 Å². The number of likely N-dealkylation sites (tertiary alicyclic amines) is 1. The summed E-state index contributed by atoms with van der Waals surface area (Å²) in [5.41, 5.74) is 0. The minimum Gasteiger partial charge on any atom is -0.338 e. The van der Waals surface area contributed by atoms with E-state index in [0.29, 0.717) is 24.2 Å². The highest BCUT2D eigenvalue weighted by molar-refractivity contribution is 7.13. The number of nitrogens with zero attached hydrogens (tertiary/aromatic N) is 5. The summed E-state index contributed by atoms with van der Waals surface area (Å²) in [6, 6.07) is 4.20. The van der Waals surface area contributed by atoms with Crippen molar-refractivity contribution in [3.63, 3.8) is 0 Å². The topological polar surface area (TPSA) is 63.9 Å². The fraction of sp³-hybridized carbons (Fsp3) is 0.647. The molecule has 2 aliphatic rings. The molecule has 1 amide bonds. The lowest BCUT2D eigenvalue weighted by molar-refractivity contribution is -0.133. The number of hydrogen-bond acceptors (Lipinski definition) is 5. The zero-order valence-corrected chi connectivity index (χ0v) is 14.6. The van der Waals surface area contributed by atoms with Crippen LogP contribution in [0.4, 0.5) is 0 Å². The Hall–Kier alpha value is -1.76. The number of hydrogen-bond donors (Lipinski definition) is 0. The minimum atomic E-state index is 0.212. The van der Waals surface area contributed by atoms with Crippen molar-refractivity contribution in [2.75, 3.05) is 6.54 Å². The summed E-state index contributed by atoms with van der Waals surface area (Å²) in [7, 11) is 0. The van der Waals surface area contributed by atoms with E-state index in [1.54, 1.807) is 16.1 Å². The van der Waals surface area contributed by atoms with Crippen LogP contribution >= 0.6 is 11.3 Å². The Labute approximate surface area is 145 Å². The van der Waals surface area contributed by atoms with Gasteiger partial charge in [0.15, 0.2) is 0 Å². The lowest BCUT2D eigenvalue weighted by Crippen LogP contribution is -2.39. The number of carbonyl (C=O) groups excluding carboxylic acids is 1. The molecule has 24 heavy (non-hydrogen) atoms. The molecule has 3 heterocycles. The molecule has 0 spiro atoms. The van der Waals surface area contributed by atoms with E-state index in [0.717, 1.165) is 30.7 Å². The predicted octanol–water partition coefficient (Wildman–Crippen LogP) is 2.97. The zero-order chi connectivity index (χ0) is 16.4. The Morgan fingerprint density at radius 2 is 2.12 bits per heavy atom. The van der Waals surface area contributed by atoms with Crippen molar-refractivity contribution in [3.05, 3.63) is 17.5 Å². The van der Waals surface area contributed by atoms with Gasteiger partial charge in [0, 0.05) is 13.0 Å². The van der Waals surface area contributed by atoms with Crippen molar-refractivity contribution in [2.24, 2.45) is 5.92 Å². The van der Waals surface area contributed by atoms with Crippen LogP contribution in [0.3, 0.4) is 0 Å². The number of tetrazole rings is 1. The second-order valence-electron chi connectivity index (χ2n) is 6.88. The quantitative estimate of drug-likeness (QED) is 0.836. The van der Waals surface area contributed by atoms with Gasteiger partial charge in [0.05, 0.1) is 17.5 Å². The smallest absolute Gasteiger partial charge is 0.223 e. The first-order valence-corrected chi connectivity index (χ1v) is 9.79. The standard InChI is InChI=1S/C17H23N5OS/c23-16(11-13-5-1-2-6-13)21-9-3-7-14(21)12-22-19-17(18-20-22)15-8-4-10-24-15/h4,8,10,13-14H,1-3,5-7,9,11-12H2/t14-/m0/s1. The van der Waals surface area contributed by atoms with Gasteiger partial charge < -0.3 is 4.90 Å². The van der Waals surface area contributed by atoms with E-state index >= 15 is 0 Å². The largest absolute Gasteiger partial charge is 0.338 e. The maximum absolute atomic E-state index is 12.7. The third kappa shape index (κ3) is 3.36. The molecule has 0 radical (unpaired) electrons. The van der Waals surface area contributed by atoms with Crippen LogP contribution in [0.15, 0.2) is 17.5 Å². The van der Waals surface area contributed by atoms with Gasteiger partial charge in [0.1, 0.15) is 0 Å². The Kier molecular flexibility index (Phi) is 4.60. The molecule has 6 nitrogen and oxygen atoms in total. The predicted molar refractivity (Wildman–Crippen MR) is 92.4 cm³/mol. The van der Waals surface area contributed by atoms with Crippen molar-refractivity contribution in [1.82, 2.24) is 25.1 Å². The van der Waals surface area contributed by atoms with Crippen LogP contribution in [0.5, 0.6) is 0 Å². The van der Waals surface area contributed by atoms with Crippen LogP contribution in [-0.4, -0.2) is 43.6 Å². The summed E-state index contributed by atoms with van der Waals surface area (Å²) < 4.78 is 0. The van der Waals surface area contributed by atoms with Crippen LogP contribution in [-0.2, 0) is 11.3 Å². The minimum absolute atomic E-state index is 0.212. The molecule has 0 aromatic carbocycles. The molecular formula is C17H23N5OS. The highest BCUT2D eigenvalue weighted by Gasteiger charge is 2.31. The van der Waals surface area contributed by atoms with Crippen molar-refractivity contribution >= 4 is 17.2 Å². The number of carbonyl (C=O) groups is 1. The summed E-state index contributed by atoms with van der Waals surface area (Å²) in [4.78, 5) is 17.4. The lowest BCUT2D eigenvalue weighted by atomic mass is 10.0. The fourth-order valence-corrected chi connectivity index (χ4v) is 4.59. The normalized spacial score (nSPS) is 21.7. The average Bonchev–Trinajstić information content (AvgIpc) is 3.36. The molecule has 0 N–H and O–H groups in total. The first-order chi connectivity index (χ1) is 11.8. The third-order valence-electron chi connectivity index (χ3n) is 5.20. The summed E-state index contributed by atoms with van der Waals surface area (Å²) in [5, 5.41) is 14.8. The van der Waals surface area contributed by atoms with Crippen molar-refractivity contribution < 1.29 is 4.79 Å². The number of amides is 1. The molecule has 2 fully saturated rings. The number of rotatable bonds is 5. The zero-order valence-electron chi connectivity index (χ0n) is 13.8. The number of thiophene rings is 1. The maximum Gasteiger partial charge on any atom is 0.223 e. The highest BCUT2D eigenvalue weighted by Crippen LogP contribution is 2.30. The van der Waals surface area contributed by atoms with Gasteiger partial charge in [-0.05, 0) is 48.3 Å². The monoisotopic (exact) mass is 345 g/mol. The van der Waals surface area contributed by atoms with E-state index in [1.165, 1.54) is 25.7 Å². The summed E-state index contributed by atoms with van der Waals surface area (Å²) >= 11 is 1.61. The molecule has 1 aliphatic heterocycles. The molecule has 1 saturated heterocycles. The second-order valence-corrected chi connectivity index (χ2v) is 7.83. The van der Waals surface area contributed by atoms with Gasteiger partial charge in [0.2, 0.25) is 11.7 Å². The summed E-state index contributed by atoms with van der Waals surface area (Å²) in [6.07, 6.45) is 7.85. The van der Waals surface area contributed by atoms with E-state index in [9.17, 15) is 4.79 Å². The van der Waals surface area contributed by atoms with E-state index in [2.05, 4.69) is 20.3 Å². The Balaban J connectivity index is 1.39. The van der Waals surface area contributed by atoms with Gasteiger partial charge in [-0.15, -0.1) is 21.5 Å². The van der Waals surface area contributed by atoms with Crippen LogP contribution in [0, 0.1) is 5.92 Å². The Bertz CT molecular complexity index is 677. The molecule has 2 aromatic rings. The van der Waals surface area contributed by atoms with Gasteiger partial charge in [-0.2, -0.15) is 4.80 Å². The van der Waals surface area contributed by atoms with Crippen LogP contribution in [0.2, 0.25) is 0 Å². The Morgan fingerprint density at radius 1 is 1.25 bits per heavy atom. The van der Waals surface area contributed by atoms with Crippen molar-refractivity contribution in [2.45, 2.75) is 57.5 Å². The Morgan fingerprint density at radius 3 is 2.92 bits per heavy atom. The van der Waals surface area contributed by atoms with E-state index in [1.807, 2.05) is 17.5 Å². The van der Waals surface area contributed by atoms with Crippen LogP contribution < -0.4 is 0 Å². The fourth-order valence-electron chi connectivity index (χ4n) is 3.95. The van der Waals surface area contributed by atoms with Gasteiger partial charge in [0.25, 0.3) is 0 Å². The summed E-state index contributed by atoms with van der Waals surface area (Å²) in [5.74, 6) is 1.60. The second kappa shape index (κ2) is 7.01. The highest BCUT2D eigenvalue weighted by atomic mass is 32.1. The molecular weight excluding hydrogens is 322 g/mol. The molecule has 128 valence electrons. The van der Waals surface area contributed by atoms with Crippen molar-refractivity contribution in [3.8, 4) is 10.7 Å². The summed E-state index contributed by atoms with van der Waals surface area (Å²) in [6.45, 7) is 1.53. The third-order valence-corrected chi connectivity index (χ3v) is 6.07. The maximum atomic E-state index is 12.7. The van der Waals surface area contributed by atoms with Gasteiger partial charge in [-0.25, -0.2) is 0 Å². The molecule has 1 saturated carbocycles. The molecule has 4 rings (SSSR count). The van der Waals surface area contributed by atoms with Gasteiger partial charge >= 0.3 is 0 Å². The van der Waals surface area contributed by atoms with Gasteiger partial charge in [-0.1, -0.05) is 18.9 Å². The van der Waals surface area contributed by atoms with Gasteiger partial charge in [-0.3, -0.25) is 4.79 Å². The van der Waals surface area contributed by atoms with E-state index in [-0.39, 0.29) is 6.04 Å². The molecule has 1 atom stereocenters. The molecule has 1 aliphatic carbocycles. The van der Waals surface area contributed by atoms with E-state index < -0.39 is 0 Å². The first-order valence-electron chi connectivity index (χ1n) is 8.91. The molecule has 0 unspecified atom stereocenters. The SMILES string of the molecule is O=C(CC1CCCC1)N1CCC[C@H]1Cn1nnc(-c2cccs2)n1. The van der Waals surface area contributed by atoms with Crippen LogP contribution in [0.1, 0.15) is 44.9 Å². The first kappa shape index (κ1) is 15.7. The lowest BCUT2D eigenvalue weighted by Gasteiger charge is -2.25. The molecule has 2 aromatic heterocycles.